The van der Waals surface area contributed by atoms with Crippen LogP contribution in [0.25, 0.3) is 0 Å². The van der Waals surface area contributed by atoms with E-state index in [-0.39, 0.29) is 6.03 Å². The molecule has 1 saturated carbocycles. The van der Waals surface area contributed by atoms with E-state index >= 15 is 0 Å². The standard InChI is InChI=1S/C8H16N2O/c1-3-10(2)8(11)9-7-5-4-6-7/h7H,3-6H2,1-2H3,(H,9,11). The summed E-state index contributed by atoms with van der Waals surface area (Å²) in [5.41, 5.74) is 0. The highest BCUT2D eigenvalue weighted by molar-refractivity contribution is 5.74. The highest BCUT2D eigenvalue weighted by Crippen LogP contribution is 2.17. The van der Waals surface area contributed by atoms with Gasteiger partial charge in [0.2, 0.25) is 0 Å². The van der Waals surface area contributed by atoms with Gasteiger partial charge in [0.15, 0.2) is 0 Å². The molecule has 0 aromatic heterocycles. The smallest absolute Gasteiger partial charge is 0.317 e. The van der Waals surface area contributed by atoms with Crippen molar-refractivity contribution in [2.45, 2.75) is 32.2 Å². The number of nitrogens with zero attached hydrogens (tertiary/aromatic N) is 1. The van der Waals surface area contributed by atoms with Crippen LogP contribution in [0.5, 0.6) is 0 Å². The van der Waals surface area contributed by atoms with E-state index < -0.39 is 0 Å². The molecule has 0 heterocycles. The first-order chi connectivity index (χ1) is 5.24. The van der Waals surface area contributed by atoms with Gasteiger partial charge in [0, 0.05) is 19.6 Å². The molecular formula is C8H16N2O. The minimum absolute atomic E-state index is 0.0669. The average Bonchev–Trinajstić information content (AvgIpc) is 1.94. The van der Waals surface area contributed by atoms with Crippen LogP contribution in [0.4, 0.5) is 4.79 Å². The Hall–Kier alpha value is -0.730. The van der Waals surface area contributed by atoms with Gasteiger partial charge in [-0.2, -0.15) is 0 Å². The van der Waals surface area contributed by atoms with E-state index in [0.717, 1.165) is 19.4 Å². The fourth-order valence-electron chi connectivity index (χ4n) is 0.981. The monoisotopic (exact) mass is 156 g/mol. The van der Waals surface area contributed by atoms with Gasteiger partial charge in [-0.15, -0.1) is 0 Å². The molecule has 1 fully saturated rings. The SMILES string of the molecule is CCN(C)C(=O)NC1CCC1. The van der Waals surface area contributed by atoms with E-state index in [2.05, 4.69) is 5.32 Å². The first kappa shape index (κ1) is 8.37. The van der Waals surface area contributed by atoms with E-state index in [9.17, 15) is 4.79 Å². The maximum absolute atomic E-state index is 11.2. The van der Waals surface area contributed by atoms with Gasteiger partial charge in [-0.1, -0.05) is 0 Å². The van der Waals surface area contributed by atoms with E-state index in [1.165, 1.54) is 6.42 Å². The Kier molecular flexibility index (Phi) is 2.74. The van der Waals surface area contributed by atoms with Crippen LogP contribution in [0.1, 0.15) is 26.2 Å². The van der Waals surface area contributed by atoms with Crippen molar-refractivity contribution in [3.63, 3.8) is 0 Å². The van der Waals surface area contributed by atoms with Crippen molar-refractivity contribution in [3.8, 4) is 0 Å². The fourth-order valence-corrected chi connectivity index (χ4v) is 0.981. The summed E-state index contributed by atoms with van der Waals surface area (Å²) in [6.07, 6.45) is 3.58. The second-order valence-corrected chi connectivity index (χ2v) is 3.09. The molecule has 0 aliphatic heterocycles. The summed E-state index contributed by atoms with van der Waals surface area (Å²) in [6, 6.07) is 0.522. The first-order valence-electron chi connectivity index (χ1n) is 4.25. The molecule has 1 aliphatic carbocycles. The molecule has 0 bridgehead atoms. The molecule has 0 saturated heterocycles. The lowest BCUT2D eigenvalue weighted by atomic mass is 9.93. The van der Waals surface area contributed by atoms with Crippen molar-refractivity contribution in [1.82, 2.24) is 10.2 Å². The first-order valence-corrected chi connectivity index (χ1v) is 4.25. The van der Waals surface area contributed by atoms with Crippen LogP contribution in [-0.4, -0.2) is 30.6 Å². The number of hydrogen-bond acceptors (Lipinski definition) is 1. The number of hydrogen-bond donors (Lipinski definition) is 1. The normalized spacial score (nSPS) is 17.3. The minimum atomic E-state index is 0.0669. The van der Waals surface area contributed by atoms with Gasteiger partial charge in [0.1, 0.15) is 0 Å². The topological polar surface area (TPSA) is 32.3 Å². The number of amides is 2. The summed E-state index contributed by atoms with van der Waals surface area (Å²) in [6.45, 7) is 2.75. The van der Waals surface area contributed by atoms with E-state index in [1.54, 1.807) is 4.90 Å². The van der Waals surface area contributed by atoms with Crippen LogP contribution in [-0.2, 0) is 0 Å². The molecule has 2 amide bonds. The van der Waals surface area contributed by atoms with Gasteiger partial charge in [-0.3, -0.25) is 0 Å². The molecule has 3 nitrogen and oxygen atoms in total. The van der Waals surface area contributed by atoms with Crippen LogP contribution in [0.3, 0.4) is 0 Å². The number of rotatable bonds is 2. The van der Waals surface area contributed by atoms with Gasteiger partial charge in [-0.25, -0.2) is 4.79 Å². The third-order valence-electron chi connectivity index (χ3n) is 2.25. The molecule has 0 aromatic rings. The second-order valence-electron chi connectivity index (χ2n) is 3.09. The summed E-state index contributed by atoms with van der Waals surface area (Å²) < 4.78 is 0. The Labute approximate surface area is 67.8 Å². The Morgan fingerprint density at radius 1 is 1.64 bits per heavy atom. The minimum Gasteiger partial charge on any atom is -0.335 e. The Balaban J connectivity index is 2.19. The summed E-state index contributed by atoms with van der Waals surface area (Å²) in [7, 11) is 1.81. The van der Waals surface area contributed by atoms with E-state index in [0.29, 0.717) is 6.04 Å². The zero-order valence-corrected chi connectivity index (χ0v) is 7.26. The molecule has 0 radical (unpaired) electrons. The van der Waals surface area contributed by atoms with Crippen LogP contribution >= 0.6 is 0 Å². The Morgan fingerprint density at radius 3 is 2.64 bits per heavy atom. The molecule has 0 atom stereocenters. The predicted octanol–water partition coefficient (Wildman–Crippen LogP) is 1.20. The van der Waals surface area contributed by atoms with Crippen molar-refractivity contribution in [1.29, 1.82) is 0 Å². The average molecular weight is 156 g/mol. The maximum Gasteiger partial charge on any atom is 0.317 e. The lowest BCUT2D eigenvalue weighted by Crippen LogP contribution is -2.45. The van der Waals surface area contributed by atoms with Crippen molar-refractivity contribution >= 4 is 6.03 Å². The molecular weight excluding hydrogens is 140 g/mol. The molecule has 1 aliphatic rings. The summed E-state index contributed by atoms with van der Waals surface area (Å²) >= 11 is 0. The quantitative estimate of drug-likeness (QED) is 0.640. The zero-order valence-electron chi connectivity index (χ0n) is 7.26. The molecule has 1 rings (SSSR count). The van der Waals surface area contributed by atoms with Crippen molar-refractivity contribution in [2.24, 2.45) is 0 Å². The molecule has 3 heteroatoms. The van der Waals surface area contributed by atoms with Crippen LogP contribution in [0.15, 0.2) is 0 Å². The second kappa shape index (κ2) is 3.60. The molecule has 11 heavy (non-hydrogen) atoms. The third kappa shape index (κ3) is 2.10. The molecule has 0 aromatic carbocycles. The number of carbonyl (C=O) groups excluding carboxylic acids is 1. The summed E-state index contributed by atoms with van der Waals surface area (Å²) in [5, 5.41) is 2.95. The predicted molar refractivity (Wildman–Crippen MR) is 44.5 cm³/mol. The lowest BCUT2D eigenvalue weighted by molar-refractivity contribution is 0.199. The zero-order chi connectivity index (χ0) is 8.27. The van der Waals surface area contributed by atoms with Gasteiger partial charge < -0.3 is 10.2 Å². The van der Waals surface area contributed by atoms with Gasteiger partial charge in [0.05, 0.1) is 0 Å². The van der Waals surface area contributed by atoms with Crippen molar-refractivity contribution in [2.75, 3.05) is 13.6 Å². The highest BCUT2D eigenvalue weighted by atomic mass is 16.2. The maximum atomic E-state index is 11.2. The van der Waals surface area contributed by atoms with Gasteiger partial charge in [-0.05, 0) is 26.2 Å². The molecule has 1 N–H and O–H groups in total. The summed E-state index contributed by atoms with van der Waals surface area (Å²) in [5.74, 6) is 0. The molecule has 0 spiro atoms. The van der Waals surface area contributed by atoms with Crippen molar-refractivity contribution in [3.05, 3.63) is 0 Å². The van der Waals surface area contributed by atoms with Crippen molar-refractivity contribution < 1.29 is 4.79 Å². The van der Waals surface area contributed by atoms with Gasteiger partial charge in [0.25, 0.3) is 0 Å². The van der Waals surface area contributed by atoms with Crippen LogP contribution in [0.2, 0.25) is 0 Å². The molecule has 64 valence electrons. The Bertz CT molecular complexity index is 143. The number of urea groups is 1. The molecule has 0 unspecified atom stereocenters. The highest BCUT2D eigenvalue weighted by Gasteiger charge is 2.20. The van der Waals surface area contributed by atoms with E-state index in [1.807, 2.05) is 14.0 Å². The van der Waals surface area contributed by atoms with Crippen LogP contribution < -0.4 is 5.32 Å². The van der Waals surface area contributed by atoms with E-state index in [4.69, 9.17) is 0 Å². The van der Waals surface area contributed by atoms with Gasteiger partial charge >= 0.3 is 6.03 Å². The largest absolute Gasteiger partial charge is 0.335 e. The lowest BCUT2D eigenvalue weighted by Gasteiger charge is -2.28. The number of nitrogens with one attached hydrogen (secondary N) is 1. The summed E-state index contributed by atoms with van der Waals surface area (Å²) in [4.78, 5) is 12.9. The Morgan fingerprint density at radius 2 is 2.27 bits per heavy atom. The third-order valence-corrected chi connectivity index (χ3v) is 2.25. The fraction of sp³-hybridized carbons (Fsp3) is 0.875. The number of carbonyl (C=O) groups is 1. The van der Waals surface area contributed by atoms with Crippen LogP contribution in [0, 0.1) is 0 Å².